The minimum atomic E-state index is -1.46. The van der Waals surface area contributed by atoms with Gasteiger partial charge < -0.3 is 24.7 Å². The van der Waals surface area contributed by atoms with E-state index in [9.17, 15) is 24.6 Å². The number of piperazine rings is 1. The Balaban J connectivity index is 1.72. The third-order valence-electron chi connectivity index (χ3n) is 6.55. The van der Waals surface area contributed by atoms with Crippen LogP contribution in [0.4, 0.5) is 9.59 Å². The SMILES string of the molecule is COc1cccc(CN(C(=O)C23CC=CC(CN(C(=O)O)C2)N3C(=O)O)C2CC2)c1C. The van der Waals surface area contributed by atoms with Gasteiger partial charge in [-0.05, 0) is 43.4 Å². The summed E-state index contributed by atoms with van der Waals surface area (Å²) < 4.78 is 5.40. The average molecular weight is 429 g/mol. The van der Waals surface area contributed by atoms with Crippen LogP contribution >= 0.6 is 0 Å². The lowest BCUT2D eigenvalue weighted by Crippen LogP contribution is -2.74. The number of carbonyl (C=O) groups is 3. The molecule has 2 atom stereocenters. The van der Waals surface area contributed by atoms with Gasteiger partial charge in [-0.1, -0.05) is 24.3 Å². The number of carbonyl (C=O) groups excluding carboxylic acids is 1. The molecule has 3 amide bonds. The first kappa shape index (κ1) is 21.0. The Morgan fingerprint density at radius 3 is 2.58 bits per heavy atom. The zero-order valence-electron chi connectivity index (χ0n) is 17.7. The van der Waals surface area contributed by atoms with E-state index in [0.29, 0.717) is 6.54 Å². The average Bonchev–Trinajstić information content (AvgIpc) is 3.56. The fourth-order valence-electron chi connectivity index (χ4n) is 4.80. The Morgan fingerprint density at radius 2 is 1.97 bits per heavy atom. The van der Waals surface area contributed by atoms with Crippen LogP contribution in [0.1, 0.15) is 30.4 Å². The molecule has 31 heavy (non-hydrogen) atoms. The van der Waals surface area contributed by atoms with Crippen LogP contribution in [0, 0.1) is 6.92 Å². The maximum Gasteiger partial charge on any atom is 0.408 e. The van der Waals surface area contributed by atoms with E-state index in [1.165, 1.54) is 4.90 Å². The molecule has 1 saturated heterocycles. The van der Waals surface area contributed by atoms with Crippen LogP contribution in [0.3, 0.4) is 0 Å². The lowest BCUT2D eigenvalue weighted by Gasteiger charge is -2.53. The summed E-state index contributed by atoms with van der Waals surface area (Å²) in [5.74, 6) is 0.390. The highest BCUT2D eigenvalue weighted by Gasteiger charge is 2.57. The summed E-state index contributed by atoms with van der Waals surface area (Å²) in [7, 11) is 1.59. The number of methoxy groups -OCH3 is 1. The number of carboxylic acid groups (broad SMARTS) is 2. The number of nitrogens with zero attached hydrogens (tertiary/aromatic N) is 3. The van der Waals surface area contributed by atoms with Crippen molar-refractivity contribution in [2.24, 2.45) is 0 Å². The number of rotatable bonds is 5. The van der Waals surface area contributed by atoms with Gasteiger partial charge in [-0.25, -0.2) is 9.59 Å². The van der Waals surface area contributed by atoms with Crippen molar-refractivity contribution in [1.29, 1.82) is 0 Å². The van der Waals surface area contributed by atoms with E-state index in [2.05, 4.69) is 0 Å². The number of ether oxygens (including phenoxy) is 1. The molecule has 2 fully saturated rings. The second kappa shape index (κ2) is 7.79. The first-order valence-corrected chi connectivity index (χ1v) is 10.4. The molecule has 2 heterocycles. The summed E-state index contributed by atoms with van der Waals surface area (Å²) in [6.45, 7) is 2.10. The third-order valence-corrected chi connectivity index (χ3v) is 6.55. The number of benzene rings is 1. The van der Waals surface area contributed by atoms with Crippen molar-refractivity contribution in [1.82, 2.24) is 14.7 Å². The molecule has 2 bridgehead atoms. The highest BCUT2D eigenvalue weighted by molar-refractivity contribution is 5.92. The van der Waals surface area contributed by atoms with E-state index in [-0.39, 0.29) is 31.5 Å². The molecule has 2 unspecified atom stereocenters. The van der Waals surface area contributed by atoms with Gasteiger partial charge in [0.25, 0.3) is 5.91 Å². The molecular formula is C22H27N3O6. The van der Waals surface area contributed by atoms with Crippen molar-refractivity contribution in [2.75, 3.05) is 20.2 Å². The standard InChI is InChI=1S/C22H27N3O6/c1-14-15(5-3-7-18(14)31-2)11-24(16-8-9-16)19(26)22-10-4-6-17(25(22)21(29)30)12-23(13-22)20(27)28/h3-7,16-17H,8-13H2,1-2H3,(H,27,28)(H,29,30). The Bertz CT molecular complexity index is 943. The van der Waals surface area contributed by atoms with Gasteiger partial charge in [-0.3, -0.25) is 9.69 Å². The van der Waals surface area contributed by atoms with Crippen molar-refractivity contribution in [3.63, 3.8) is 0 Å². The normalized spacial score (nSPS) is 24.6. The van der Waals surface area contributed by atoms with E-state index in [0.717, 1.165) is 34.6 Å². The van der Waals surface area contributed by atoms with Crippen molar-refractivity contribution < 1.29 is 29.3 Å². The van der Waals surface area contributed by atoms with Crippen LogP contribution in [0.2, 0.25) is 0 Å². The highest BCUT2D eigenvalue weighted by atomic mass is 16.5. The smallest absolute Gasteiger partial charge is 0.408 e. The molecule has 0 aromatic heterocycles. The number of hydrogen-bond donors (Lipinski definition) is 2. The van der Waals surface area contributed by atoms with Gasteiger partial charge in [0, 0.05) is 19.1 Å². The first-order valence-electron chi connectivity index (χ1n) is 10.4. The molecule has 2 N–H and O–H groups in total. The van der Waals surface area contributed by atoms with Gasteiger partial charge in [-0.2, -0.15) is 0 Å². The fourth-order valence-corrected chi connectivity index (χ4v) is 4.80. The van der Waals surface area contributed by atoms with Gasteiger partial charge in [-0.15, -0.1) is 0 Å². The minimum absolute atomic E-state index is 0.0194. The van der Waals surface area contributed by atoms with Crippen LogP contribution in [0.15, 0.2) is 30.4 Å². The molecule has 3 aliphatic rings. The maximum absolute atomic E-state index is 14.0. The molecule has 2 aliphatic heterocycles. The van der Waals surface area contributed by atoms with E-state index in [1.807, 2.05) is 31.2 Å². The molecule has 0 radical (unpaired) electrons. The monoisotopic (exact) mass is 429 g/mol. The predicted molar refractivity (Wildman–Crippen MR) is 111 cm³/mol. The predicted octanol–water partition coefficient (Wildman–Crippen LogP) is 2.54. The van der Waals surface area contributed by atoms with Gasteiger partial charge >= 0.3 is 12.2 Å². The molecule has 1 aromatic rings. The van der Waals surface area contributed by atoms with E-state index < -0.39 is 23.8 Å². The lowest BCUT2D eigenvalue weighted by molar-refractivity contribution is -0.150. The summed E-state index contributed by atoms with van der Waals surface area (Å²) in [6, 6.07) is 4.99. The molecule has 0 spiro atoms. The van der Waals surface area contributed by atoms with Gasteiger partial charge in [0.1, 0.15) is 11.3 Å². The van der Waals surface area contributed by atoms with Crippen LogP contribution in [-0.2, 0) is 11.3 Å². The highest BCUT2D eigenvalue weighted by Crippen LogP contribution is 2.39. The molecule has 1 saturated carbocycles. The maximum atomic E-state index is 14.0. The molecule has 1 aromatic carbocycles. The summed E-state index contributed by atoms with van der Waals surface area (Å²) in [4.78, 5) is 42.0. The quantitative estimate of drug-likeness (QED) is 0.696. The first-order chi connectivity index (χ1) is 14.8. The van der Waals surface area contributed by atoms with Crippen molar-refractivity contribution >= 4 is 18.1 Å². The van der Waals surface area contributed by atoms with Crippen molar-refractivity contribution in [2.45, 2.75) is 50.4 Å². The van der Waals surface area contributed by atoms with Crippen molar-refractivity contribution in [3.05, 3.63) is 41.5 Å². The minimum Gasteiger partial charge on any atom is -0.496 e. The second-order valence-electron chi connectivity index (χ2n) is 8.46. The van der Waals surface area contributed by atoms with Crippen LogP contribution in [0.5, 0.6) is 5.75 Å². The lowest BCUT2D eigenvalue weighted by atomic mass is 9.82. The Kier molecular flexibility index (Phi) is 5.28. The fraction of sp³-hybridized carbons (Fsp3) is 0.500. The Morgan fingerprint density at radius 1 is 1.23 bits per heavy atom. The van der Waals surface area contributed by atoms with Gasteiger partial charge in [0.2, 0.25) is 0 Å². The number of hydrogen-bond acceptors (Lipinski definition) is 4. The summed E-state index contributed by atoms with van der Waals surface area (Å²) in [5.41, 5.74) is 0.386. The molecule has 9 nitrogen and oxygen atoms in total. The molecular weight excluding hydrogens is 402 g/mol. The topological polar surface area (TPSA) is 111 Å². The summed E-state index contributed by atoms with van der Waals surface area (Å²) in [6.07, 6.45) is 2.98. The Labute approximate surface area is 180 Å². The number of fused-ring (bicyclic) bond motifs is 2. The summed E-state index contributed by atoms with van der Waals surface area (Å²) in [5, 5.41) is 19.6. The van der Waals surface area contributed by atoms with Crippen LogP contribution in [0.25, 0.3) is 0 Å². The van der Waals surface area contributed by atoms with Gasteiger partial charge in [0.15, 0.2) is 0 Å². The van der Waals surface area contributed by atoms with E-state index in [1.54, 1.807) is 18.1 Å². The van der Waals surface area contributed by atoms with E-state index >= 15 is 0 Å². The molecule has 9 heteroatoms. The zero-order valence-corrected chi connectivity index (χ0v) is 17.7. The van der Waals surface area contributed by atoms with Gasteiger partial charge in [0.05, 0.1) is 19.7 Å². The van der Waals surface area contributed by atoms with Crippen LogP contribution < -0.4 is 4.74 Å². The second-order valence-corrected chi connectivity index (χ2v) is 8.46. The molecule has 166 valence electrons. The number of amides is 3. The zero-order chi connectivity index (χ0) is 22.3. The van der Waals surface area contributed by atoms with Crippen LogP contribution in [-0.4, -0.2) is 80.8 Å². The van der Waals surface area contributed by atoms with E-state index in [4.69, 9.17) is 4.74 Å². The molecule has 4 rings (SSSR count). The van der Waals surface area contributed by atoms with Crippen molar-refractivity contribution in [3.8, 4) is 5.75 Å². The largest absolute Gasteiger partial charge is 0.496 e. The third kappa shape index (κ3) is 3.58. The summed E-state index contributed by atoms with van der Waals surface area (Å²) >= 11 is 0. The Hall–Kier alpha value is -3.23. The molecule has 1 aliphatic carbocycles.